The van der Waals surface area contributed by atoms with Crippen molar-refractivity contribution in [2.24, 2.45) is 0 Å². The first-order valence-corrected chi connectivity index (χ1v) is 12.4. The summed E-state index contributed by atoms with van der Waals surface area (Å²) in [4.78, 5) is 0. The summed E-state index contributed by atoms with van der Waals surface area (Å²) in [5, 5.41) is 0. The molecule has 35 heavy (non-hydrogen) atoms. The molecule has 1 aliphatic rings. The standard InChI is InChI=1S/C30H33F3O2/c1-3-35-19-21-7-11-24(28(31)18-21)10-6-20-4-8-22(9-5-20)26-16-17-27(30(33)29(26)32)23-12-14-25(34-2)15-13-23/h4-5,7-9,11,16-18,23,25H,3,6,10,12-15,19H2,1-2H3. The van der Waals surface area contributed by atoms with Gasteiger partial charge in [0.2, 0.25) is 0 Å². The molecular weight excluding hydrogens is 449 g/mol. The van der Waals surface area contributed by atoms with Gasteiger partial charge in [-0.15, -0.1) is 0 Å². The van der Waals surface area contributed by atoms with Crippen molar-refractivity contribution < 1.29 is 22.6 Å². The maximum Gasteiger partial charge on any atom is 0.166 e. The van der Waals surface area contributed by atoms with E-state index in [1.807, 2.05) is 25.1 Å². The molecular formula is C30H33F3O2. The van der Waals surface area contributed by atoms with Gasteiger partial charge >= 0.3 is 0 Å². The van der Waals surface area contributed by atoms with E-state index in [1.165, 1.54) is 6.07 Å². The van der Waals surface area contributed by atoms with Gasteiger partial charge in [-0.25, -0.2) is 13.2 Å². The minimum Gasteiger partial charge on any atom is -0.381 e. The summed E-state index contributed by atoms with van der Waals surface area (Å²) < 4.78 is 55.1. The molecule has 2 nitrogen and oxygen atoms in total. The lowest BCUT2D eigenvalue weighted by Gasteiger charge is -2.28. The van der Waals surface area contributed by atoms with Crippen LogP contribution in [0.25, 0.3) is 11.1 Å². The van der Waals surface area contributed by atoms with E-state index < -0.39 is 11.6 Å². The SMILES string of the molecule is CCOCc1ccc(CCc2ccc(-c3ccc(C4CCC(OC)CC4)c(F)c3F)cc2)c(F)c1. The molecule has 4 rings (SSSR count). The van der Waals surface area contributed by atoms with Crippen molar-refractivity contribution in [3.63, 3.8) is 0 Å². The predicted molar refractivity (Wildman–Crippen MR) is 133 cm³/mol. The lowest BCUT2D eigenvalue weighted by atomic mass is 9.82. The Balaban J connectivity index is 1.41. The molecule has 3 aromatic rings. The molecule has 186 valence electrons. The number of aryl methyl sites for hydroxylation is 2. The molecule has 0 bridgehead atoms. The summed E-state index contributed by atoms with van der Waals surface area (Å²) in [5.41, 5.74) is 3.84. The molecule has 1 aliphatic carbocycles. The van der Waals surface area contributed by atoms with Crippen LogP contribution in [0.15, 0.2) is 54.6 Å². The quantitative estimate of drug-likeness (QED) is 0.310. The zero-order valence-electron chi connectivity index (χ0n) is 20.5. The summed E-state index contributed by atoms with van der Waals surface area (Å²) in [7, 11) is 1.70. The average Bonchev–Trinajstić information content (AvgIpc) is 2.89. The Hall–Kier alpha value is -2.63. The average molecular weight is 483 g/mol. The zero-order valence-corrected chi connectivity index (χ0v) is 20.5. The van der Waals surface area contributed by atoms with Crippen molar-refractivity contribution in [3.05, 3.63) is 94.3 Å². The molecule has 0 heterocycles. The molecule has 1 saturated carbocycles. The summed E-state index contributed by atoms with van der Waals surface area (Å²) >= 11 is 0. The third kappa shape index (κ3) is 6.14. The van der Waals surface area contributed by atoms with E-state index in [4.69, 9.17) is 9.47 Å². The molecule has 0 N–H and O–H groups in total. The Bertz CT molecular complexity index is 1120. The maximum atomic E-state index is 15.0. The fraction of sp³-hybridized carbons (Fsp3) is 0.400. The third-order valence-electron chi connectivity index (χ3n) is 7.10. The van der Waals surface area contributed by atoms with Crippen molar-refractivity contribution in [1.29, 1.82) is 0 Å². The van der Waals surface area contributed by atoms with Gasteiger partial charge in [0.05, 0.1) is 12.7 Å². The van der Waals surface area contributed by atoms with Crippen LogP contribution in [-0.4, -0.2) is 19.8 Å². The summed E-state index contributed by atoms with van der Waals surface area (Å²) in [5.74, 6) is -1.73. The molecule has 0 unspecified atom stereocenters. The van der Waals surface area contributed by atoms with Gasteiger partial charge in [-0.2, -0.15) is 0 Å². The van der Waals surface area contributed by atoms with Gasteiger partial charge in [-0.05, 0) is 85.3 Å². The van der Waals surface area contributed by atoms with Crippen LogP contribution in [0.1, 0.15) is 60.8 Å². The molecule has 0 amide bonds. The fourth-order valence-electron chi connectivity index (χ4n) is 4.95. The Morgan fingerprint density at radius 3 is 2.17 bits per heavy atom. The first kappa shape index (κ1) is 25.5. The van der Waals surface area contributed by atoms with Crippen LogP contribution >= 0.6 is 0 Å². The molecule has 5 heteroatoms. The number of rotatable bonds is 9. The highest BCUT2D eigenvalue weighted by molar-refractivity contribution is 5.65. The molecule has 1 fully saturated rings. The largest absolute Gasteiger partial charge is 0.381 e. The van der Waals surface area contributed by atoms with Gasteiger partial charge in [0.15, 0.2) is 11.6 Å². The van der Waals surface area contributed by atoms with Gasteiger partial charge in [0.1, 0.15) is 5.82 Å². The van der Waals surface area contributed by atoms with Crippen molar-refractivity contribution in [2.75, 3.05) is 13.7 Å². The van der Waals surface area contributed by atoms with Crippen LogP contribution in [0.3, 0.4) is 0 Å². The van der Waals surface area contributed by atoms with E-state index in [1.54, 1.807) is 37.4 Å². The van der Waals surface area contributed by atoms with Crippen LogP contribution in [0, 0.1) is 17.5 Å². The van der Waals surface area contributed by atoms with Crippen molar-refractivity contribution in [2.45, 2.75) is 64.1 Å². The Labute approximate surface area is 206 Å². The van der Waals surface area contributed by atoms with E-state index in [2.05, 4.69) is 0 Å². The van der Waals surface area contributed by atoms with Crippen LogP contribution in [0.4, 0.5) is 13.2 Å². The van der Waals surface area contributed by atoms with Crippen LogP contribution in [0.2, 0.25) is 0 Å². The highest BCUT2D eigenvalue weighted by Crippen LogP contribution is 2.37. The second kappa shape index (κ2) is 11.9. The zero-order chi connectivity index (χ0) is 24.8. The van der Waals surface area contributed by atoms with Crippen LogP contribution < -0.4 is 0 Å². The normalized spacial score (nSPS) is 18.1. The molecule has 0 aliphatic heterocycles. The van der Waals surface area contributed by atoms with E-state index in [-0.39, 0.29) is 23.4 Å². The topological polar surface area (TPSA) is 18.5 Å². The van der Waals surface area contributed by atoms with E-state index >= 15 is 4.39 Å². The van der Waals surface area contributed by atoms with Crippen LogP contribution in [0.5, 0.6) is 0 Å². The number of halogens is 3. The van der Waals surface area contributed by atoms with Crippen molar-refractivity contribution >= 4 is 0 Å². The predicted octanol–water partition coefficient (Wildman–Crippen LogP) is 7.77. The highest BCUT2D eigenvalue weighted by Gasteiger charge is 2.26. The lowest BCUT2D eigenvalue weighted by molar-refractivity contribution is 0.0655. The third-order valence-corrected chi connectivity index (χ3v) is 7.10. The maximum absolute atomic E-state index is 15.0. The Morgan fingerprint density at radius 1 is 0.800 bits per heavy atom. The summed E-state index contributed by atoms with van der Waals surface area (Å²) in [6.45, 7) is 2.91. The van der Waals surface area contributed by atoms with Gasteiger partial charge in [-0.3, -0.25) is 0 Å². The smallest absolute Gasteiger partial charge is 0.166 e. The van der Waals surface area contributed by atoms with Crippen molar-refractivity contribution in [3.8, 4) is 11.1 Å². The van der Waals surface area contributed by atoms with E-state index in [0.29, 0.717) is 42.7 Å². The number of hydrogen-bond acceptors (Lipinski definition) is 2. The first-order chi connectivity index (χ1) is 17.0. The lowest BCUT2D eigenvalue weighted by Crippen LogP contribution is -2.20. The number of benzene rings is 3. The number of ether oxygens (including phenoxy) is 2. The van der Waals surface area contributed by atoms with Gasteiger partial charge in [0, 0.05) is 19.3 Å². The van der Waals surface area contributed by atoms with E-state index in [9.17, 15) is 8.78 Å². The number of methoxy groups -OCH3 is 1. The van der Waals surface area contributed by atoms with Crippen molar-refractivity contribution in [1.82, 2.24) is 0 Å². The number of hydrogen-bond donors (Lipinski definition) is 0. The molecule has 0 saturated heterocycles. The highest BCUT2D eigenvalue weighted by atomic mass is 19.2. The fourth-order valence-corrected chi connectivity index (χ4v) is 4.95. The summed E-state index contributed by atoms with van der Waals surface area (Å²) in [6.07, 6.45) is 4.77. The molecule has 0 aromatic heterocycles. The summed E-state index contributed by atoms with van der Waals surface area (Å²) in [6, 6.07) is 16.0. The van der Waals surface area contributed by atoms with E-state index in [0.717, 1.165) is 36.8 Å². The van der Waals surface area contributed by atoms with Gasteiger partial charge < -0.3 is 9.47 Å². The second-order valence-corrected chi connectivity index (χ2v) is 9.30. The monoisotopic (exact) mass is 482 g/mol. The van der Waals surface area contributed by atoms with Crippen LogP contribution in [-0.2, 0) is 28.9 Å². The first-order valence-electron chi connectivity index (χ1n) is 12.4. The molecule has 3 aromatic carbocycles. The Kier molecular flexibility index (Phi) is 8.64. The van der Waals surface area contributed by atoms with Gasteiger partial charge in [0.25, 0.3) is 0 Å². The second-order valence-electron chi connectivity index (χ2n) is 9.30. The molecule has 0 radical (unpaired) electrons. The minimum atomic E-state index is -0.793. The molecule has 0 spiro atoms. The molecule has 0 atom stereocenters. The minimum absolute atomic E-state index is 0.0287. The Morgan fingerprint density at radius 2 is 1.51 bits per heavy atom. The van der Waals surface area contributed by atoms with Gasteiger partial charge in [-0.1, -0.05) is 48.5 Å².